The Morgan fingerprint density at radius 1 is 1.04 bits per heavy atom. The number of ether oxygens (including phenoxy) is 1. The molecule has 0 aliphatic heterocycles. The maximum Gasteiger partial charge on any atom is 0.315 e. The van der Waals surface area contributed by atoms with Crippen molar-refractivity contribution in [3.8, 4) is 5.75 Å². The molecule has 0 aliphatic rings. The van der Waals surface area contributed by atoms with Gasteiger partial charge >= 0.3 is 6.03 Å². The minimum Gasteiger partial charge on any atom is -0.494 e. The van der Waals surface area contributed by atoms with Crippen LogP contribution in [0.15, 0.2) is 48.5 Å². The number of hydrogen-bond donors (Lipinski definition) is 2. The number of nitrogens with one attached hydrogen (secondary N) is 2. The molecule has 5 heteroatoms. The molecule has 0 spiro atoms. The number of urea groups is 1. The van der Waals surface area contributed by atoms with Crippen molar-refractivity contribution in [3.63, 3.8) is 0 Å². The number of rotatable bonds is 7. The van der Waals surface area contributed by atoms with Gasteiger partial charge in [-0.2, -0.15) is 0 Å². The van der Waals surface area contributed by atoms with Gasteiger partial charge in [0.1, 0.15) is 5.75 Å². The van der Waals surface area contributed by atoms with Crippen molar-refractivity contribution in [3.05, 3.63) is 64.7 Å². The van der Waals surface area contributed by atoms with Crippen LogP contribution >= 0.6 is 11.6 Å². The highest BCUT2D eigenvalue weighted by molar-refractivity contribution is 6.30. The molecule has 0 aromatic heterocycles. The Labute approximate surface area is 141 Å². The second-order valence-corrected chi connectivity index (χ2v) is 5.69. The van der Waals surface area contributed by atoms with Crippen molar-refractivity contribution in [2.75, 3.05) is 13.2 Å². The highest BCUT2D eigenvalue weighted by Gasteiger charge is 2.00. The van der Waals surface area contributed by atoms with Crippen LogP contribution in [0.1, 0.15) is 17.5 Å². The van der Waals surface area contributed by atoms with E-state index in [2.05, 4.69) is 10.6 Å². The van der Waals surface area contributed by atoms with Gasteiger partial charge < -0.3 is 15.4 Å². The topological polar surface area (TPSA) is 50.4 Å². The predicted octanol–water partition coefficient (Wildman–Crippen LogP) is 3.92. The standard InChI is InChI=1S/C18H21ClN2O2/c1-14-3-9-17(10-4-14)23-12-2-11-20-18(22)21-13-15-5-7-16(19)8-6-15/h3-10H,2,11-13H2,1H3,(H2,20,21,22). The van der Waals surface area contributed by atoms with Gasteiger partial charge in [-0.25, -0.2) is 4.79 Å². The lowest BCUT2D eigenvalue weighted by atomic mass is 10.2. The summed E-state index contributed by atoms with van der Waals surface area (Å²) in [6.45, 7) is 3.65. The van der Waals surface area contributed by atoms with Crippen molar-refractivity contribution in [1.82, 2.24) is 10.6 Å². The van der Waals surface area contributed by atoms with Crippen LogP contribution < -0.4 is 15.4 Å². The Bertz CT molecular complexity index is 612. The summed E-state index contributed by atoms with van der Waals surface area (Å²) in [5.41, 5.74) is 2.21. The molecule has 0 atom stereocenters. The minimum absolute atomic E-state index is 0.185. The number of aryl methyl sites for hydroxylation is 1. The first kappa shape index (κ1) is 17.2. The molecule has 0 saturated carbocycles. The average molecular weight is 333 g/mol. The molecule has 0 saturated heterocycles. The first-order valence-corrected chi connectivity index (χ1v) is 7.97. The van der Waals surface area contributed by atoms with E-state index >= 15 is 0 Å². The van der Waals surface area contributed by atoms with E-state index in [1.807, 2.05) is 43.3 Å². The molecule has 0 bridgehead atoms. The summed E-state index contributed by atoms with van der Waals surface area (Å²) < 4.78 is 5.60. The highest BCUT2D eigenvalue weighted by Crippen LogP contribution is 2.11. The third kappa shape index (κ3) is 6.61. The SMILES string of the molecule is Cc1ccc(OCCCNC(=O)NCc2ccc(Cl)cc2)cc1. The Morgan fingerprint density at radius 2 is 1.74 bits per heavy atom. The summed E-state index contributed by atoms with van der Waals surface area (Å²) in [4.78, 5) is 11.7. The van der Waals surface area contributed by atoms with Crippen LogP contribution in [0.25, 0.3) is 0 Å². The quantitative estimate of drug-likeness (QED) is 0.755. The molecule has 2 aromatic rings. The Morgan fingerprint density at radius 3 is 2.43 bits per heavy atom. The van der Waals surface area contributed by atoms with Crippen molar-refractivity contribution in [1.29, 1.82) is 0 Å². The molecule has 2 N–H and O–H groups in total. The molecule has 23 heavy (non-hydrogen) atoms. The molecule has 0 fully saturated rings. The molecule has 0 unspecified atom stereocenters. The van der Waals surface area contributed by atoms with E-state index in [0.717, 1.165) is 17.7 Å². The maximum absolute atomic E-state index is 11.7. The molecule has 2 aromatic carbocycles. The van der Waals surface area contributed by atoms with Gasteiger partial charge in [0.05, 0.1) is 6.61 Å². The van der Waals surface area contributed by atoms with Gasteiger partial charge in [0.25, 0.3) is 0 Å². The zero-order chi connectivity index (χ0) is 16.5. The summed E-state index contributed by atoms with van der Waals surface area (Å²) in [7, 11) is 0. The molecular weight excluding hydrogens is 312 g/mol. The number of amides is 2. The lowest BCUT2D eigenvalue weighted by Crippen LogP contribution is -2.35. The molecule has 2 rings (SSSR count). The summed E-state index contributed by atoms with van der Waals surface area (Å²) in [6, 6.07) is 15.1. The van der Waals surface area contributed by atoms with E-state index in [4.69, 9.17) is 16.3 Å². The first-order chi connectivity index (χ1) is 11.1. The van der Waals surface area contributed by atoms with Crippen molar-refractivity contribution < 1.29 is 9.53 Å². The van der Waals surface area contributed by atoms with Crippen LogP contribution in [0.3, 0.4) is 0 Å². The van der Waals surface area contributed by atoms with Gasteiger partial charge in [-0.1, -0.05) is 41.4 Å². The van der Waals surface area contributed by atoms with Crippen LogP contribution in [0.2, 0.25) is 5.02 Å². The van der Waals surface area contributed by atoms with E-state index < -0.39 is 0 Å². The molecule has 0 radical (unpaired) electrons. The Hall–Kier alpha value is -2.20. The average Bonchev–Trinajstić information content (AvgIpc) is 2.56. The van der Waals surface area contributed by atoms with Crippen LogP contribution in [0.4, 0.5) is 4.79 Å². The van der Waals surface area contributed by atoms with Gasteiger partial charge in [0.2, 0.25) is 0 Å². The van der Waals surface area contributed by atoms with Crippen molar-refractivity contribution in [2.24, 2.45) is 0 Å². The van der Waals surface area contributed by atoms with Gasteiger partial charge in [0.15, 0.2) is 0 Å². The van der Waals surface area contributed by atoms with Crippen molar-refractivity contribution in [2.45, 2.75) is 19.9 Å². The molecular formula is C18H21ClN2O2. The van der Waals surface area contributed by atoms with E-state index in [1.165, 1.54) is 5.56 Å². The zero-order valence-corrected chi connectivity index (χ0v) is 13.9. The second-order valence-electron chi connectivity index (χ2n) is 5.25. The van der Waals surface area contributed by atoms with Gasteiger partial charge in [-0.3, -0.25) is 0 Å². The van der Waals surface area contributed by atoms with E-state index in [9.17, 15) is 4.79 Å². The van der Waals surface area contributed by atoms with Gasteiger partial charge in [-0.05, 0) is 43.2 Å². The number of halogens is 1. The summed E-state index contributed by atoms with van der Waals surface area (Å²) in [6.07, 6.45) is 0.752. The summed E-state index contributed by atoms with van der Waals surface area (Å²) >= 11 is 5.81. The van der Waals surface area contributed by atoms with Crippen LogP contribution in [-0.4, -0.2) is 19.2 Å². The lowest BCUT2D eigenvalue weighted by Gasteiger charge is -2.09. The van der Waals surface area contributed by atoms with E-state index in [1.54, 1.807) is 12.1 Å². The molecule has 0 aliphatic carbocycles. The van der Waals surface area contributed by atoms with Crippen LogP contribution in [0, 0.1) is 6.92 Å². The molecule has 2 amide bonds. The summed E-state index contributed by atoms with van der Waals surface area (Å²) in [5, 5.41) is 6.29. The Kier molecular flexibility index (Phi) is 6.76. The fourth-order valence-corrected chi connectivity index (χ4v) is 2.07. The molecule has 0 heterocycles. The van der Waals surface area contributed by atoms with E-state index in [0.29, 0.717) is 24.7 Å². The van der Waals surface area contributed by atoms with Gasteiger partial charge in [0, 0.05) is 18.1 Å². The van der Waals surface area contributed by atoms with Gasteiger partial charge in [-0.15, -0.1) is 0 Å². The monoisotopic (exact) mass is 332 g/mol. The Balaban J connectivity index is 1.56. The third-order valence-electron chi connectivity index (χ3n) is 3.26. The minimum atomic E-state index is -0.185. The van der Waals surface area contributed by atoms with Crippen LogP contribution in [0.5, 0.6) is 5.75 Å². The molecule has 4 nitrogen and oxygen atoms in total. The third-order valence-corrected chi connectivity index (χ3v) is 3.51. The number of carbonyl (C=O) groups excluding carboxylic acids is 1. The normalized spacial score (nSPS) is 10.2. The molecule has 122 valence electrons. The zero-order valence-electron chi connectivity index (χ0n) is 13.1. The second kappa shape index (κ2) is 9.06. The largest absolute Gasteiger partial charge is 0.494 e. The van der Waals surface area contributed by atoms with Crippen LogP contribution in [-0.2, 0) is 6.54 Å². The number of benzene rings is 2. The predicted molar refractivity (Wildman–Crippen MR) is 93.0 cm³/mol. The fraction of sp³-hybridized carbons (Fsp3) is 0.278. The van der Waals surface area contributed by atoms with E-state index in [-0.39, 0.29) is 6.03 Å². The summed E-state index contributed by atoms with van der Waals surface area (Å²) in [5.74, 6) is 0.850. The fourth-order valence-electron chi connectivity index (χ4n) is 1.95. The number of carbonyl (C=O) groups is 1. The lowest BCUT2D eigenvalue weighted by molar-refractivity contribution is 0.238. The van der Waals surface area contributed by atoms with Crippen molar-refractivity contribution >= 4 is 17.6 Å². The maximum atomic E-state index is 11.7. The first-order valence-electron chi connectivity index (χ1n) is 7.59. The number of hydrogen-bond acceptors (Lipinski definition) is 2. The smallest absolute Gasteiger partial charge is 0.315 e. The highest BCUT2D eigenvalue weighted by atomic mass is 35.5.